The molecule has 1 saturated carbocycles. The average Bonchev–Trinajstić information content (AvgIpc) is 2.59. The number of thioether (sulfide) groups is 1. The van der Waals surface area contributed by atoms with E-state index in [1.807, 2.05) is 11.8 Å². The Labute approximate surface area is 109 Å². The van der Waals surface area contributed by atoms with Crippen LogP contribution in [0.25, 0.3) is 0 Å². The summed E-state index contributed by atoms with van der Waals surface area (Å²) in [6, 6.07) is 0.475. The second-order valence-corrected chi connectivity index (χ2v) is 6.74. The van der Waals surface area contributed by atoms with Crippen LogP contribution in [0, 0.1) is 5.92 Å². The zero-order valence-electron chi connectivity index (χ0n) is 10.7. The lowest BCUT2D eigenvalue weighted by atomic mass is 9.98. The number of hydrogen-bond donors (Lipinski definition) is 1. The highest BCUT2D eigenvalue weighted by Crippen LogP contribution is 2.25. The van der Waals surface area contributed by atoms with E-state index < -0.39 is 0 Å². The molecule has 2 aliphatic rings. The zero-order chi connectivity index (χ0) is 11.9. The van der Waals surface area contributed by atoms with Gasteiger partial charge in [0.2, 0.25) is 5.91 Å². The number of amides is 1. The highest BCUT2D eigenvalue weighted by molar-refractivity contribution is 7.99. The van der Waals surface area contributed by atoms with Gasteiger partial charge < -0.3 is 5.32 Å². The van der Waals surface area contributed by atoms with E-state index in [1.54, 1.807) is 0 Å². The minimum absolute atomic E-state index is 0.314. The first-order chi connectivity index (χ1) is 8.34. The molecule has 0 unspecified atom stereocenters. The minimum atomic E-state index is 0.314. The molecule has 0 atom stereocenters. The molecule has 0 aromatic carbocycles. The van der Waals surface area contributed by atoms with Crippen molar-refractivity contribution in [1.82, 2.24) is 5.32 Å². The molecular weight excluding hydrogens is 230 g/mol. The summed E-state index contributed by atoms with van der Waals surface area (Å²) < 4.78 is 0. The second kappa shape index (κ2) is 7.30. The number of carbonyl (C=O) groups excluding carboxylic acids is 1. The first kappa shape index (κ1) is 13.3. The molecule has 3 heteroatoms. The monoisotopic (exact) mass is 255 g/mol. The number of carbonyl (C=O) groups is 1. The first-order valence-corrected chi connectivity index (χ1v) is 8.37. The maximum absolute atomic E-state index is 12.0. The van der Waals surface area contributed by atoms with Crippen molar-refractivity contribution >= 4 is 17.7 Å². The van der Waals surface area contributed by atoms with Gasteiger partial charge in [-0.05, 0) is 43.1 Å². The van der Waals surface area contributed by atoms with E-state index in [9.17, 15) is 4.79 Å². The van der Waals surface area contributed by atoms with E-state index in [-0.39, 0.29) is 0 Å². The Hall–Kier alpha value is -0.180. The summed E-state index contributed by atoms with van der Waals surface area (Å²) in [5, 5.41) is 3.26. The summed E-state index contributed by atoms with van der Waals surface area (Å²) >= 11 is 2.03. The molecule has 0 spiro atoms. The Morgan fingerprint density at radius 2 is 1.65 bits per heavy atom. The molecule has 17 heavy (non-hydrogen) atoms. The molecule has 2 fully saturated rings. The summed E-state index contributed by atoms with van der Waals surface area (Å²) in [5.41, 5.74) is 0. The van der Waals surface area contributed by atoms with Crippen molar-refractivity contribution in [1.29, 1.82) is 0 Å². The third-order valence-corrected chi connectivity index (χ3v) is 5.08. The van der Waals surface area contributed by atoms with Gasteiger partial charge in [-0.2, -0.15) is 11.8 Å². The van der Waals surface area contributed by atoms with Gasteiger partial charge in [0.05, 0.1) is 0 Å². The highest BCUT2D eigenvalue weighted by atomic mass is 32.2. The molecule has 2 rings (SSSR count). The summed E-state index contributed by atoms with van der Waals surface area (Å²) in [7, 11) is 0. The molecule has 1 aliphatic heterocycles. The van der Waals surface area contributed by atoms with Gasteiger partial charge in [-0.3, -0.25) is 4.79 Å². The fourth-order valence-electron chi connectivity index (χ4n) is 2.92. The molecule has 1 saturated heterocycles. The van der Waals surface area contributed by atoms with Crippen LogP contribution in [-0.2, 0) is 4.79 Å². The molecule has 0 radical (unpaired) electrons. The van der Waals surface area contributed by atoms with Gasteiger partial charge in [0.15, 0.2) is 0 Å². The normalized spacial score (nSPS) is 24.2. The average molecular weight is 255 g/mol. The van der Waals surface area contributed by atoms with E-state index >= 15 is 0 Å². The van der Waals surface area contributed by atoms with Crippen LogP contribution in [0.2, 0.25) is 0 Å². The molecule has 1 aliphatic carbocycles. The highest BCUT2D eigenvalue weighted by Gasteiger charge is 2.19. The van der Waals surface area contributed by atoms with Crippen molar-refractivity contribution in [3.63, 3.8) is 0 Å². The van der Waals surface area contributed by atoms with Gasteiger partial charge in [-0.1, -0.05) is 25.7 Å². The van der Waals surface area contributed by atoms with Crippen LogP contribution >= 0.6 is 11.8 Å². The topological polar surface area (TPSA) is 29.1 Å². The number of hydrogen-bond acceptors (Lipinski definition) is 2. The van der Waals surface area contributed by atoms with Crippen molar-refractivity contribution in [3.8, 4) is 0 Å². The van der Waals surface area contributed by atoms with Crippen molar-refractivity contribution < 1.29 is 4.79 Å². The molecule has 98 valence electrons. The zero-order valence-corrected chi connectivity index (χ0v) is 11.6. The van der Waals surface area contributed by atoms with Gasteiger partial charge >= 0.3 is 0 Å². The Balaban J connectivity index is 1.68. The first-order valence-electron chi connectivity index (χ1n) is 7.21. The molecule has 1 amide bonds. The van der Waals surface area contributed by atoms with Crippen LogP contribution in [-0.4, -0.2) is 23.5 Å². The SMILES string of the molecule is O=C(CC1CCSCC1)NC1CCCCCC1. The van der Waals surface area contributed by atoms with E-state index in [4.69, 9.17) is 0 Å². The Morgan fingerprint density at radius 3 is 2.29 bits per heavy atom. The molecule has 0 bridgehead atoms. The van der Waals surface area contributed by atoms with Crippen LogP contribution in [0.1, 0.15) is 57.8 Å². The van der Waals surface area contributed by atoms with E-state index in [2.05, 4.69) is 5.32 Å². The predicted molar refractivity (Wildman–Crippen MR) is 74.3 cm³/mol. The van der Waals surface area contributed by atoms with Gasteiger partial charge in [-0.15, -0.1) is 0 Å². The molecule has 1 N–H and O–H groups in total. The lowest BCUT2D eigenvalue weighted by Crippen LogP contribution is -2.35. The third-order valence-electron chi connectivity index (χ3n) is 4.04. The Bertz CT molecular complexity index is 230. The Morgan fingerprint density at radius 1 is 1.00 bits per heavy atom. The van der Waals surface area contributed by atoms with Crippen molar-refractivity contribution in [2.75, 3.05) is 11.5 Å². The molecule has 2 nitrogen and oxygen atoms in total. The standard InChI is InChI=1S/C14H25NOS/c16-14(11-12-7-9-17-10-8-12)15-13-5-3-1-2-4-6-13/h12-13H,1-11H2,(H,15,16). The fraction of sp³-hybridized carbons (Fsp3) is 0.929. The van der Waals surface area contributed by atoms with Crippen LogP contribution < -0.4 is 5.32 Å². The molecule has 0 aromatic rings. The third kappa shape index (κ3) is 4.90. The van der Waals surface area contributed by atoms with Crippen LogP contribution in [0.3, 0.4) is 0 Å². The lowest BCUT2D eigenvalue weighted by molar-refractivity contribution is -0.122. The van der Waals surface area contributed by atoms with E-state index in [0.29, 0.717) is 17.9 Å². The van der Waals surface area contributed by atoms with Crippen molar-refractivity contribution in [2.24, 2.45) is 5.92 Å². The summed E-state index contributed by atoms with van der Waals surface area (Å²) in [5.74, 6) is 3.47. The molecule has 0 aromatic heterocycles. The van der Waals surface area contributed by atoms with Gasteiger partial charge in [-0.25, -0.2) is 0 Å². The molecule has 1 heterocycles. The Kier molecular flexibility index (Phi) is 5.69. The van der Waals surface area contributed by atoms with Gasteiger partial charge in [0, 0.05) is 12.5 Å². The fourth-order valence-corrected chi connectivity index (χ4v) is 4.13. The second-order valence-electron chi connectivity index (χ2n) is 5.52. The predicted octanol–water partition coefficient (Wildman–Crippen LogP) is 3.36. The van der Waals surface area contributed by atoms with E-state index in [1.165, 1.54) is 62.9 Å². The van der Waals surface area contributed by atoms with Crippen LogP contribution in [0.5, 0.6) is 0 Å². The maximum Gasteiger partial charge on any atom is 0.220 e. The van der Waals surface area contributed by atoms with Crippen LogP contribution in [0.4, 0.5) is 0 Å². The summed E-state index contributed by atoms with van der Waals surface area (Å²) in [4.78, 5) is 12.0. The lowest BCUT2D eigenvalue weighted by Gasteiger charge is -2.22. The summed E-state index contributed by atoms with van der Waals surface area (Å²) in [6.45, 7) is 0. The van der Waals surface area contributed by atoms with Crippen molar-refractivity contribution in [3.05, 3.63) is 0 Å². The number of nitrogens with one attached hydrogen (secondary N) is 1. The number of rotatable bonds is 3. The smallest absolute Gasteiger partial charge is 0.220 e. The van der Waals surface area contributed by atoms with Crippen molar-refractivity contribution in [2.45, 2.75) is 63.8 Å². The quantitative estimate of drug-likeness (QED) is 0.784. The molecular formula is C14H25NOS. The maximum atomic E-state index is 12.0. The summed E-state index contributed by atoms with van der Waals surface area (Å²) in [6.07, 6.45) is 11.0. The van der Waals surface area contributed by atoms with Gasteiger partial charge in [0.25, 0.3) is 0 Å². The van der Waals surface area contributed by atoms with Gasteiger partial charge in [0.1, 0.15) is 0 Å². The van der Waals surface area contributed by atoms with Crippen LogP contribution in [0.15, 0.2) is 0 Å². The minimum Gasteiger partial charge on any atom is -0.353 e. The van der Waals surface area contributed by atoms with E-state index in [0.717, 1.165) is 6.42 Å². The largest absolute Gasteiger partial charge is 0.353 e.